The maximum Gasteiger partial charge on any atom is 0.412 e. The summed E-state index contributed by atoms with van der Waals surface area (Å²) < 4.78 is 5.46. The van der Waals surface area contributed by atoms with E-state index in [0.717, 1.165) is 44.1 Å². The minimum Gasteiger partial charge on any atom is -0.507 e. The van der Waals surface area contributed by atoms with Crippen LogP contribution in [0.15, 0.2) is 36.4 Å². The van der Waals surface area contributed by atoms with Gasteiger partial charge in [0.05, 0.1) is 0 Å². The predicted molar refractivity (Wildman–Crippen MR) is 113 cm³/mol. The molecule has 1 unspecified atom stereocenters. The van der Waals surface area contributed by atoms with Crippen molar-refractivity contribution in [2.24, 2.45) is 5.92 Å². The fourth-order valence-electron chi connectivity index (χ4n) is 3.96. The molecule has 3 rings (SSSR count). The fourth-order valence-corrected chi connectivity index (χ4v) is 3.96. The van der Waals surface area contributed by atoms with Crippen molar-refractivity contribution in [2.75, 3.05) is 7.05 Å². The van der Waals surface area contributed by atoms with Crippen LogP contribution < -0.4 is 15.4 Å². The highest BCUT2D eigenvalue weighted by atomic mass is 16.6. The van der Waals surface area contributed by atoms with Crippen molar-refractivity contribution in [1.82, 2.24) is 10.6 Å². The molecule has 1 aromatic carbocycles. The third-order valence-electron chi connectivity index (χ3n) is 5.64. The minimum absolute atomic E-state index is 0.0246. The van der Waals surface area contributed by atoms with Crippen LogP contribution in [0.3, 0.4) is 0 Å². The summed E-state index contributed by atoms with van der Waals surface area (Å²) in [5, 5.41) is 16.0. The van der Waals surface area contributed by atoms with Gasteiger partial charge in [-0.1, -0.05) is 37.5 Å². The lowest BCUT2D eigenvalue weighted by Gasteiger charge is -2.22. The molecule has 0 radical (unpaired) electrons. The highest BCUT2D eigenvalue weighted by molar-refractivity contribution is 5.82. The van der Waals surface area contributed by atoms with Gasteiger partial charge in [0.1, 0.15) is 11.5 Å². The Kier molecular flexibility index (Phi) is 7.33. The molecule has 6 nitrogen and oxygen atoms in total. The molecule has 0 saturated heterocycles. The zero-order valence-corrected chi connectivity index (χ0v) is 16.9. The van der Waals surface area contributed by atoms with Crippen LogP contribution in [-0.4, -0.2) is 30.2 Å². The van der Waals surface area contributed by atoms with E-state index in [1.165, 1.54) is 12.5 Å². The summed E-state index contributed by atoms with van der Waals surface area (Å²) in [7, 11) is 1.65. The van der Waals surface area contributed by atoms with Gasteiger partial charge in [-0.3, -0.25) is 4.79 Å². The summed E-state index contributed by atoms with van der Waals surface area (Å²) in [4.78, 5) is 24.2. The number of hydrogen-bond donors (Lipinski definition) is 3. The normalized spacial score (nSPS) is 23.1. The van der Waals surface area contributed by atoms with Crippen LogP contribution in [0.25, 0.3) is 5.57 Å². The zero-order valence-electron chi connectivity index (χ0n) is 16.9. The molecule has 156 valence electrons. The molecule has 3 N–H and O–H groups in total. The molecule has 6 heteroatoms. The lowest BCUT2D eigenvalue weighted by Crippen LogP contribution is -2.38. The van der Waals surface area contributed by atoms with Gasteiger partial charge in [-0.25, -0.2) is 4.79 Å². The molecule has 0 aromatic heterocycles. The summed E-state index contributed by atoms with van der Waals surface area (Å²) in [5.41, 5.74) is 1.40. The number of phenolic OH excluding ortho intramolecular Hbond substituents is 1. The van der Waals surface area contributed by atoms with Crippen LogP contribution in [0, 0.1) is 5.92 Å². The number of carbonyl (C=O) groups is 2. The van der Waals surface area contributed by atoms with Gasteiger partial charge < -0.3 is 20.5 Å². The Morgan fingerprint density at radius 3 is 2.69 bits per heavy atom. The average molecular weight is 399 g/mol. The Morgan fingerprint density at radius 2 is 1.93 bits per heavy atom. The van der Waals surface area contributed by atoms with E-state index in [0.29, 0.717) is 17.7 Å². The number of rotatable bonds is 4. The number of benzene rings is 1. The van der Waals surface area contributed by atoms with Gasteiger partial charge in [0.25, 0.3) is 0 Å². The van der Waals surface area contributed by atoms with Crippen LogP contribution >= 0.6 is 0 Å². The van der Waals surface area contributed by atoms with Crippen molar-refractivity contribution in [1.29, 1.82) is 0 Å². The molecular weight excluding hydrogens is 368 g/mol. The summed E-state index contributed by atoms with van der Waals surface area (Å²) in [5.74, 6) is 0.419. The summed E-state index contributed by atoms with van der Waals surface area (Å²) >= 11 is 0. The second kappa shape index (κ2) is 10.1. The molecular formula is C23H30N2O4. The van der Waals surface area contributed by atoms with Crippen molar-refractivity contribution in [2.45, 2.75) is 57.4 Å². The van der Waals surface area contributed by atoms with Gasteiger partial charge in [0.2, 0.25) is 5.91 Å². The smallest absolute Gasteiger partial charge is 0.412 e. The number of ether oxygens (including phenoxy) is 1. The van der Waals surface area contributed by atoms with Crippen molar-refractivity contribution in [3.05, 3.63) is 42.0 Å². The van der Waals surface area contributed by atoms with Crippen LogP contribution in [0.1, 0.15) is 56.9 Å². The van der Waals surface area contributed by atoms with Gasteiger partial charge in [-0.2, -0.15) is 0 Å². The molecule has 0 bridgehead atoms. The third-order valence-corrected chi connectivity index (χ3v) is 5.64. The summed E-state index contributed by atoms with van der Waals surface area (Å²) in [6.07, 6.45) is 13.1. The first-order chi connectivity index (χ1) is 14.1. The van der Waals surface area contributed by atoms with E-state index in [2.05, 4.69) is 10.6 Å². The minimum atomic E-state index is -0.463. The standard InChI is InChI=1S/C23H30N2O4/c1-24-22(27)17-8-6-5-7-16(11-12-17)20-15-19(13-14-21(20)26)29-23(28)25-18-9-3-2-4-10-18/h5,7,11,13-15,17-18,26H,2-4,6,8-10,12H2,1H3,(H,24,27)(H,25,28)/b7-5-,16-11+. The van der Waals surface area contributed by atoms with Gasteiger partial charge in [0, 0.05) is 24.6 Å². The Balaban J connectivity index is 1.72. The molecule has 1 aromatic rings. The highest BCUT2D eigenvalue weighted by Crippen LogP contribution is 2.32. The van der Waals surface area contributed by atoms with Crippen molar-refractivity contribution in [3.8, 4) is 11.5 Å². The first-order valence-corrected chi connectivity index (χ1v) is 10.5. The first-order valence-electron chi connectivity index (χ1n) is 10.5. The summed E-state index contributed by atoms with van der Waals surface area (Å²) in [6, 6.07) is 4.95. The Hall–Kier alpha value is -2.76. The fraction of sp³-hybridized carbons (Fsp3) is 0.478. The Labute approximate surface area is 172 Å². The third kappa shape index (κ3) is 5.86. The molecule has 2 amide bonds. The topological polar surface area (TPSA) is 87.7 Å². The molecule has 2 aliphatic rings. The number of phenols is 1. The Bertz CT molecular complexity index is 794. The lowest BCUT2D eigenvalue weighted by atomic mass is 9.92. The number of hydrogen-bond acceptors (Lipinski definition) is 4. The Morgan fingerprint density at radius 1 is 1.14 bits per heavy atom. The monoisotopic (exact) mass is 398 g/mol. The van der Waals surface area contributed by atoms with E-state index < -0.39 is 6.09 Å². The molecule has 0 spiro atoms. The number of nitrogens with one attached hydrogen (secondary N) is 2. The SMILES string of the molecule is CNC(=O)C1C/C=C(c2cc(OC(=O)NC3CCCCC3)ccc2O)\C=C/CC1. The predicted octanol–water partition coefficient (Wildman–Crippen LogP) is 4.30. The summed E-state index contributed by atoms with van der Waals surface area (Å²) in [6.45, 7) is 0. The number of allylic oxidation sites excluding steroid dienone is 4. The average Bonchev–Trinajstić information content (AvgIpc) is 2.70. The second-order valence-corrected chi connectivity index (χ2v) is 7.73. The maximum absolute atomic E-state index is 12.2. The van der Waals surface area contributed by atoms with E-state index in [1.54, 1.807) is 19.2 Å². The number of aromatic hydroxyl groups is 1. The lowest BCUT2D eigenvalue weighted by molar-refractivity contribution is -0.124. The molecule has 0 heterocycles. The van der Waals surface area contributed by atoms with Gasteiger partial charge in [-0.15, -0.1) is 0 Å². The molecule has 29 heavy (non-hydrogen) atoms. The number of amides is 2. The van der Waals surface area contributed by atoms with E-state index in [9.17, 15) is 14.7 Å². The van der Waals surface area contributed by atoms with E-state index in [4.69, 9.17) is 4.74 Å². The quantitative estimate of drug-likeness (QED) is 0.706. The van der Waals surface area contributed by atoms with Crippen LogP contribution in [0.4, 0.5) is 4.79 Å². The number of carbonyl (C=O) groups excluding carboxylic acids is 2. The van der Waals surface area contributed by atoms with Crippen molar-refractivity contribution >= 4 is 17.6 Å². The molecule has 0 aliphatic heterocycles. The molecule has 2 aliphatic carbocycles. The van der Waals surface area contributed by atoms with Gasteiger partial charge >= 0.3 is 6.09 Å². The zero-order chi connectivity index (χ0) is 20.6. The maximum atomic E-state index is 12.2. The molecule has 1 fully saturated rings. The van der Waals surface area contributed by atoms with Crippen molar-refractivity contribution < 1.29 is 19.4 Å². The van der Waals surface area contributed by atoms with E-state index in [1.807, 2.05) is 18.2 Å². The molecule has 1 saturated carbocycles. The van der Waals surface area contributed by atoms with Gasteiger partial charge in [0.15, 0.2) is 0 Å². The van der Waals surface area contributed by atoms with Crippen molar-refractivity contribution in [3.63, 3.8) is 0 Å². The first kappa shape index (κ1) is 21.0. The van der Waals surface area contributed by atoms with Crippen LogP contribution in [0.2, 0.25) is 0 Å². The van der Waals surface area contributed by atoms with Crippen LogP contribution in [-0.2, 0) is 4.79 Å². The second-order valence-electron chi connectivity index (χ2n) is 7.73. The highest BCUT2D eigenvalue weighted by Gasteiger charge is 2.19. The largest absolute Gasteiger partial charge is 0.507 e. The molecule has 1 atom stereocenters. The van der Waals surface area contributed by atoms with E-state index >= 15 is 0 Å². The van der Waals surface area contributed by atoms with Crippen LogP contribution in [0.5, 0.6) is 11.5 Å². The van der Waals surface area contributed by atoms with E-state index in [-0.39, 0.29) is 23.6 Å². The van der Waals surface area contributed by atoms with Gasteiger partial charge in [-0.05, 0) is 55.9 Å².